The molecule has 1 saturated heterocycles. The summed E-state index contributed by atoms with van der Waals surface area (Å²) in [4.78, 5) is 16.6. The van der Waals surface area contributed by atoms with Gasteiger partial charge in [-0.2, -0.15) is 5.26 Å². The summed E-state index contributed by atoms with van der Waals surface area (Å²) < 4.78 is 7.51. The lowest BCUT2D eigenvalue weighted by Crippen LogP contribution is -2.32. The number of carbonyl (C=O) groups excluding carboxylic acids is 1. The van der Waals surface area contributed by atoms with Crippen LogP contribution in [0.25, 0.3) is 11.2 Å². The molecular formula is C18H20N4O2S. The second-order valence-corrected chi connectivity index (χ2v) is 6.86. The molecule has 25 heavy (non-hydrogen) atoms. The third-order valence-electron chi connectivity index (χ3n) is 4.26. The van der Waals surface area contributed by atoms with Gasteiger partial charge in [-0.25, -0.2) is 4.98 Å². The molecule has 0 aliphatic carbocycles. The first kappa shape index (κ1) is 17.4. The quantitative estimate of drug-likeness (QED) is 0.660. The van der Waals surface area contributed by atoms with Crippen LogP contribution in [0.2, 0.25) is 0 Å². The average Bonchev–Trinajstić information content (AvgIpc) is 3.33. The fraction of sp³-hybridized carbons (Fsp3) is 0.389. The van der Waals surface area contributed by atoms with Crippen molar-refractivity contribution in [1.82, 2.24) is 14.9 Å². The highest BCUT2D eigenvalue weighted by molar-refractivity contribution is 7.12. The number of nitrogens with one attached hydrogen (secondary N) is 1. The molecule has 0 unspecified atom stereocenters. The summed E-state index contributed by atoms with van der Waals surface area (Å²) in [5.41, 5.74) is 2.90. The number of rotatable bonds is 5. The molecule has 0 saturated carbocycles. The van der Waals surface area contributed by atoms with Crippen LogP contribution in [0, 0.1) is 25.2 Å². The Morgan fingerprint density at radius 1 is 1.60 bits per heavy atom. The minimum absolute atomic E-state index is 0.0545. The van der Waals surface area contributed by atoms with E-state index in [1.807, 2.05) is 35.9 Å². The van der Waals surface area contributed by atoms with E-state index in [4.69, 9.17) is 4.74 Å². The van der Waals surface area contributed by atoms with Gasteiger partial charge in [-0.1, -0.05) is 0 Å². The standard InChI is InChI=1S/C18H20N4O2S/c1-12-8-14(13(2)22(12)18-20-5-7-25-18)9-15(10-19)17(23)21-11-16-4-3-6-24-16/h5,7-9,16H,3-4,6,11H2,1-2H3,(H,21,23)/b15-9+/t16-/m1/s1. The zero-order valence-corrected chi connectivity index (χ0v) is 15.1. The second-order valence-electron chi connectivity index (χ2n) is 5.99. The molecule has 3 heterocycles. The Hall–Kier alpha value is -2.43. The number of nitriles is 1. The maximum absolute atomic E-state index is 12.3. The molecule has 0 aromatic carbocycles. The summed E-state index contributed by atoms with van der Waals surface area (Å²) in [7, 11) is 0. The van der Waals surface area contributed by atoms with Gasteiger partial charge in [0.25, 0.3) is 5.91 Å². The van der Waals surface area contributed by atoms with Crippen LogP contribution in [0.4, 0.5) is 0 Å². The van der Waals surface area contributed by atoms with Gasteiger partial charge in [-0.05, 0) is 44.4 Å². The number of ether oxygens (including phenoxy) is 1. The average molecular weight is 356 g/mol. The molecule has 6 nitrogen and oxygen atoms in total. The number of aromatic nitrogens is 2. The molecule has 3 rings (SSSR count). The Kier molecular flexibility index (Phi) is 5.31. The molecule has 1 aliphatic rings. The summed E-state index contributed by atoms with van der Waals surface area (Å²) in [6.07, 6.45) is 5.41. The van der Waals surface area contributed by atoms with Crippen LogP contribution in [0.1, 0.15) is 29.8 Å². The molecule has 1 N–H and O–H groups in total. The third kappa shape index (κ3) is 3.81. The Morgan fingerprint density at radius 3 is 3.08 bits per heavy atom. The van der Waals surface area contributed by atoms with Gasteiger partial charge in [0.15, 0.2) is 5.13 Å². The summed E-state index contributed by atoms with van der Waals surface area (Å²) in [5.74, 6) is -0.364. The van der Waals surface area contributed by atoms with Crippen LogP contribution >= 0.6 is 11.3 Å². The van der Waals surface area contributed by atoms with Gasteiger partial charge in [-0.15, -0.1) is 11.3 Å². The van der Waals surface area contributed by atoms with E-state index in [9.17, 15) is 10.1 Å². The maximum Gasteiger partial charge on any atom is 0.262 e. The lowest BCUT2D eigenvalue weighted by molar-refractivity contribution is -0.117. The first-order valence-corrected chi connectivity index (χ1v) is 9.08. The molecule has 2 aromatic rings. The first-order valence-electron chi connectivity index (χ1n) is 8.20. The molecule has 130 valence electrons. The zero-order valence-electron chi connectivity index (χ0n) is 14.3. The summed E-state index contributed by atoms with van der Waals surface area (Å²) in [6, 6.07) is 3.96. The Labute approximate surface area is 150 Å². The van der Waals surface area contributed by atoms with Gasteiger partial charge in [-0.3, -0.25) is 9.36 Å². The van der Waals surface area contributed by atoms with Crippen LogP contribution in [0.15, 0.2) is 23.2 Å². The molecule has 7 heteroatoms. The number of hydrogen-bond donors (Lipinski definition) is 1. The predicted octanol–water partition coefficient (Wildman–Crippen LogP) is 2.75. The van der Waals surface area contributed by atoms with Crippen molar-refractivity contribution in [3.8, 4) is 11.2 Å². The summed E-state index contributed by atoms with van der Waals surface area (Å²) in [6.45, 7) is 5.12. The minimum Gasteiger partial charge on any atom is -0.376 e. The Bertz CT molecular complexity index is 824. The highest BCUT2D eigenvalue weighted by Gasteiger charge is 2.18. The van der Waals surface area contributed by atoms with Gasteiger partial charge < -0.3 is 10.1 Å². The predicted molar refractivity (Wildman–Crippen MR) is 96.5 cm³/mol. The Morgan fingerprint density at radius 2 is 2.44 bits per heavy atom. The molecule has 1 amide bonds. The van der Waals surface area contributed by atoms with Gasteiger partial charge >= 0.3 is 0 Å². The van der Waals surface area contributed by atoms with E-state index in [0.29, 0.717) is 6.54 Å². The van der Waals surface area contributed by atoms with Crippen molar-refractivity contribution in [3.05, 3.63) is 40.2 Å². The number of nitrogens with zero attached hydrogens (tertiary/aromatic N) is 3. The first-order chi connectivity index (χ1) is 12.1. The molecular weight excluding hydrogens is 336 g/mol. The molecule has 1 aliphatic heterocycles. The topological polar surface area (TPSA) is 79.9 Å². The largest absolute Gasteiger partial charge is 0.376 e. The number of aryl methyl sites for hydroxylation is 1. The van der Waals surface area contributed by atoms with E-state index in [0.717, 1.165) is 41.5 Å². The van der Waals surface area contributed by atoms with Crippen molar-refractivity contribution in [2.45, 2.75) is 32.8 Å². The molecule has 2 aromatic heterocycles. The fourth-order valence-electron chi connectivity index (χ4n) is 2.97. The highest BCUT2D eigenvalue weighted by atomic mass is 32.1. The summed E-state index contributed by atoms with van der Waals surface area (Å²) in [5, 5.41) is 15.0. The maximum atomic E-state index is 12.3. The molecule has 0 bridgehead atoms. The van der Waals surface area contributed by atoms with Crippen LogP contribution < -0.4 is 5.32 Å². The van der Waals surface area contributed by atoms with Crippen LogP contribution in [0.5, 0.6) is 0 Å². The summed E-state index contributed by atoms with van der Waals surface area (Å²) >= 11 is 1.54. The number of hydrogen-bond acceptors (Lipinski definition) is 5. The fourth-order valence-corrected chi connectivity index (χ4v) is 3.72. The van der Waals surface area contributed by atoms with Crippen LogP contribution in [-0.2, 0) is 9.53 Å². The van der Waals surface area contributed by atoms with Gasteiger partial charge in [0.2, 0.25) is 0 Å². The van der Waals surface area contributed by atoms with Crippen molar-refractivity contribution >= 4 is 23.3 Å². The monoisotopic (exact) mass is 356 g/mol. The van der Waals surface area contributed by atoms with Gasteiger partial charge in [0, 0.05) is 36.1 Å². The van der Waals surface area contributed by atoms with Crippen molar-refractivity contribution in [2.75, 3.05) is 13.2 Å². The highest BCUT2D eigenvalue weighted by Crippen LogP contribution is 2.24. The van der Waals surface area contributed by atoms with Gasteiger partial charge in [0.1, 0.15) is 11.6 Å². The Balaban J connectivity index is 1.79. The normalized spacial score (nSPS) is 17.5. The van der Waals surface area contributed by atoms with E-state index in [-0.39, 0.29) is 17.6 Å². The minimum atomic E-state index is -0.364. The van der Waals surface area contributed by atoms with Gasteiger partial charge in [0.05, 0.1) is 6.10 Å². The lowest BCUT2D eigenvalue weighted by Gasteiger charge is -2.10. The van der Waals surface area contributed by atoms with Crippen molar-refractivity contribution in [1.29, 1.82) is 5.26 Å². The van der Waals surface area contributed by atoms with Crippen molar-refractivity contribution < 1.29 is 9.53 Å². The number of amides is 1. The molecule has 0 radical (unpaired) electrons. The van der Waals surface area contributed by atoms with E-state index in [1.165, 1.54) is 0 Å². The molecule has 1 atom stereocenters. The second kappa shape index (κ2) is 7.64. The molecule has 1 fully saturated rings. The number of carbonyl (C=O) groups is 1. The zero-order chi connectivity index (χ0) is 17.8. The van der Waals surface area contributed by atoms with E-state index in [1.54, 1.807) is 23.6 Å². The van der Waals surface area contributed by atoms with E-state index < -0.39 is 0 Å². The van der Waals surface area contributed by atoms with E-state index >= 15 is 0 Å². The van der Waals surface area contributed by atoms with Crippen molar-refractivity contribution in [3.63, 3.8) is 0 Å². The lowest BCUT2D eigenvalue weighted by atomic mass is 10.1. The SMILES string of the molecule is Cc1cc(/C=C(\C#N)C(=O)NC[C@H]2CCCO2)c(C)n1-c1nccs1. The van der Waals surface area contributed by atoms with E-state index in [2.05, 4.69) is 10.3 Å². The smallest absolute Gasteiger partial charge is 0.262 e. The van der Waals surface area contributed by atoms with Crippen LogP contribution in [0.3, 0.4) is 0 Å². The van der Waals surface area contributed by atoms with Crippen LogP contribution in [-0.4, -0.2) is 34.7 Å². The molecule has 0 spiro atoms. The third-order valence-corrected chi connectivity index (χ3v) is 5.02. The number of thiazole rings is 1. The van der Waals surface area contributed by atoms with Crippen molar-refractivity contribution in [2.24, 2.45) is 0 Å².